The zero-order chi connectivity index (χ0) is 25.5. The molecule has 0 aliphatic carbocycles. The summed E-state index contributed by atoms with van der Waals surface area (Å²) >= 11 is 1.38. The molecule has 1 aromatic heterocycles. The Morgan fingerprint density at radius 1 is 0.972 bits per heavy atom. The van der Waals surface area contributed by atoms with Crippen molar-refractivity contribution in [1.82, 2.24) is 9.88 Å². The van der Waals surface area contributed by atoms with Gasteiger partial charge in [-0.25, -0.2) is 4.39 Å². The number of halogens is 1. The molecule has 0 unspecified atom stereocenters. The lowest BCUT2D eigenvalue weighted by atomic mass is 10.2. The van der Waals surface area contributed by atoms with Crippen molar-refractivity contribution in [3.05, 3.63) is 84.3 Å². The highest BCUT2D eigenvalue weighted by Gasteiger charge is 2.13. The zero-order valence-electron chi connectivity index (χ0n) is 19.9. The number of carbonyl (C=O) groups is 2. The molecule has 2 amide bonds. The van der Waals surface area contributed by atoms with Crippen LogP contribution in [0.15, 0.2) is 77.8 Å². The largest absolute Gasteiger partial charge is 0.493 e. The third-order valence-electron chi connectivity index (χ3n) is 5.54. The summed E-state index contributed by atoms with van der Waals surface area (Å²) in [6, 6.07) is 19.0. The molecule has 4 aromatic rings. The lowest BCUT2D eigenvalue weighted by molar-refractivity contribution is -0.113. The Hall–Kier alpha value is -3.98. The minimum absolute atomic E-state index is 0.137. The number of anilines is 1. The number of carbonyl (C=O) groups excluding carboxylic acids is 2. The molecule has 0 aliphatic heterocycles. The third kappa shape index (κ3) is 5.80. The van der Waals surface area contributed by atoms with Crippen molar-refractivity contribution in [1.29, 1.82) is 0 Å². The number of ether oxygens (including phenoxy) is 2. The van der Waals surface area contributed by atoms with Crippen LogP contribution in [0.5, 0.6) is 11.5 Å². The molecule has 36 heavy (non-hydrogen) atoms. The molecule has 0 fully saturated rings. The standard InChI is InChI=1S/C27H26FN3O4S/c1-34-23-12-11-18(15-24(23)35-2)27(33)29-13-14-31-16-25(19-7-3-6-10-22(19)31)36-17-26(32)30-21-9-5-4-8-20(21)28/h3-12,15-16H,13-14,17H2,1-2H3,(H,29,33)(H,30,32). The molecule has 4 rings (SSSR count). The fourth-order valence-electron chi connectivity index (χ4n) is 3.77. The van der Waals surface area contributed by atoms with Gasteiger partial charge in [0.25, 0.3) is 5.91 Å². The fourth-order valence-corrected chi connectivity index (χ4v) is 4.66. The normalized spacial score (nSPS) is 10.8. The number of nitrogens with one attached hydrogen (secondary N) is 2. The number of aromatic nitrogens is 1. The Bertz CT molecular complexity index is 1390. The van der Waals surface area contributed by atoms with Crippen LogP contribution in [0.4, 0.5) is 10.1 Å². The number of benzene rings is 3. The molecule has 0 saturated heterocycles. The lowest BCUT2D eigenvalue weighted by Crippen LogP contribution is -2.27. The van der Waals surface area contributed by atoms with Crippen LogP contribution in [0.2, 0.25) is 0 Å². The molecule has 186 valence electrons. The first kappa shape index (κ1) is 25.1. The second-order valence-corrected chi connectivity index (χ2v) is 8.86. The number of nitrogens with zero attached hydrogens (tertiary/aromatic N) is 1. The highest BCUT2D eigenvalue weighted by atomic mass is 32.2. The van der Waals surface area contributed by atoms with Gasteiger partial charge in [0, 0.05) is 40.6 Å². The average Bonchev–Trinajstić information content (AvgIpc) is 3.26. The van der Waals surface area contributed by atoms with Crippen LogP contribution in [0.25, 0.3) is 10.9 Å². The maximum atomic E-state index is 13.8. The van der Waals surface area contributed by atoms with Gasteiger partial charge in [-0.1, -0.05) is 30.3 Å². The van der Waals surface area contributed by atoms with E-state index in [9.17, 15) is 14.0 Å². The Morgan fingerprint density at radius 2 is 1.72 bits per heavy atom. The van der Waals surface area contributed by atoms with Crippen LogP contribution in [0.1, 0.15) is 10.4 Å². The first-order valence-corrected chi connectivity index (χ1v) is 12.2. The number of amides is 2. The van der Waals surface area contributed by atoms with Crippen LogP contribution in [0, 0.1) is 5.82 Å². The minimum atomic E-state index is -0.470. The Balaban J connectivity index is 1.39. The maximum Gasteiger partial charge on any atom is 0.251 e. The summed E-state index contributed by atoms with van der Waals surface area (Å²) in [6.07, 6.45) is 1.97. The molecule has 1 heterocycles. The highest BCUT2D eigenvalue weighted by Crippen LogP contribution is 2.30. The van der Waals surface area contributed by atoms with Crippen LogP contribution >= 0.6 is 11.8 Å². The summed E-state index contributed by atoms with van der Waals surface area (Å²) in [7, 11) is 3.07. The second-order valence-electron chi connectivity index (χ2n) is 7.85. The summed E-state index contributed by atoms with van der Waals surface area (Å²) in [5.74, 6) is 0.208. The number of rotatable bonds is 10. The molecular formula is C27H26FN3O4S. The number of methoxy groups -OCH3 is 2. The molecule has 7 nitrogen and oxygen atoms in total. The number of hydrogen-bond acceptors (Lipinski definition) is 5. The van der Waals surface area contributed by atoms with Gasteiger partial charge >= 0.3 is 0 Å². The van der Waals surface area contributed by atoms with E-state index in [1.165, 1.54) is 31.0 Å². The van der Waals surface area contributed by atoms with Crippen molar-refractivity contribution in [3.63, 3.8) is 0 Å². The van der Waals surface area contributed by atoms with Gasteiger partial charge in [-0.15, -0.1) is 11.8 Å². The quantitative estimate of drug-likeness (QED) is 0.297. The molecule has 0 atom stereocenters. The summed E-state index contributed by atoms with van der Waals surface area (Å²) < 4.78 is 26.3. The van der Waals surface area contributed by atoms with Gasteiger partial charge in [-0.05, 0) is 36.4 Å². The monoisotopic (exact) mass is 507 g/mol. The van der Waals surface area contributed by atoms with E-state index < -0.39 is 5.82 Å². The molecular weight excluding hydrogens is 481 g/mol. The zero-order valence-corrected chi connectivity index (χ0v) is 20.7. The molecule has 0 radical (unpaired) electrons. The molecule has 0 bridgehead atoms. The molecule has 3 aromatic carbocycles. The van der Waals surface area contributed by atoms with Crippen molar-refractivity contribution >= 4 is 40.2 Å². The van der Waals surface area contributed by atoms with Gasteiger partial charge in [-0.3, -0.25) is 9.59 Å². The Labute approximate surface area is 212 Å². The summed E-state index contributed by atoms with van der Waals surface area (Å²) in [5.41, 5.74) is 1.63. The predicted molar refractivity (Wildman–Crippen MR) is 140 cm³/mol. The van der Waals surface area contributed by atoms with Gasteiger partial charge < -0.3 is 24.7 Å². The van der Waals surface area contributed by atoms with Crippen LogP contribution in [0.3, 0.4) is 0 Å². The first-order valence-electron chi connectivity index (χ1n) is 11.3. The van der Waals surface area contributed by atoms with Gasteiger partial charge in [-0.2, -0.15) is 0 Å². The topological polar surface area (TPSA) is 81.6 Å². The van der Waals surface area contributed by atoms with Crippen molar-refractivity contribution in [2.24, 2.45) is 0 Å². The second kappa shape index (κ2) is 11.6. The van der Waals surface area contributed by atoms with E-state index in [0.29, 0.717) is 30.2 Å². The van der Waals surface area contributed by atoms with Crippen molar-refractivity contribution < 1.29 is 23.5 Å². The Morgan fingerprint density at radius 3 is 2.50 bits per heavy atom. The predicted octanol–water partition coefficient (Wildman–Crippen LogP) is 4.96. The summed E-state index contributed by atoms with van der Waals surface area (Å²) in [4.78, 5) is 25.9. The lowest BCUT2D eigenvalue weighted by Gasteiger charge is -2.10. The summed E-state index contributed by atoms with van der Waals surface area (Å²) in [5, 5.41) is 6.54. The van der Waals surface area contributed by atoms with Crippen LogP contribution in [-0.4, -0.2) is 42.9 Å². The molecule has 0 saturated carbocycles. The maximum absolute atomic E-state index is 13.8. The number of para-hydroxylation sites is 2. The average molecular weight is 508 g/mol. The summed E-state index contributed by atoms with van der Waals surface area (Å²) in [6.45, 7) is 0.950. The number of thioether (sulfide) groups is 1. The van der Waals surface area contributed by atoms with E-state index in [1.54, 1.807) is 37.4 Å². The van der Waals surface area contributed by atoms with E-state index in [-0.39, 0.29) is 23.3 Å². The SMILES string of the molecule is COc1ccc(C(=O)NCCn2cc(SCC(=O)Nc3ccccc3F)c3ccccc32)cc1OC. The number of hydrogen-bond donors (Lipinski definition) is 2. The van der Waals surface area contributed by atoms with E-state index >= 15 is 0 Å². The number of fused-ring (bicyclic) bond motifs is 1. The molecule has 0 aliphatic rings. The smallest absolute Gasteiger partial charge is 0.251 e. The minimum Gasteiger partial charge on any atom is -0.493 e. The van der Waals surface area contributed by atoms with E-state index in [1.807, 2.05) is 35.0 Å². The third-order valence-corrected chi connectivity index (χ3v) is 6.59. The van der Waals surface area contributed by atoms with Gasteiger partial charge in [0.15, 0.2) is 11.5 Å². The van der Waals surface area contributed by atoms with Gasteiger partial charge in [0.1, 0.15) is 5.82 Å². The molecule has 2 N–H and O–H groups in total. The Kier molecular flexibility index (Phi) is 8.12. The van der Waals surface area contributed by atoms with E-state index in [4.69, 9.17) is 9.47 Å². The van der Waals surface area contributed by atoms with Gasteiger partial charge in [0.2, 0.25) is 5.91 Å². The van der Waals surface area contributed by atoms with Crippen LogP contribution < -0.4 is 20.1 Å². The van der Waals surface area contributed by atoms with E-state index in [2.05, 4.69) is 10.6 Å². The van der Waals surface area contributed by atoms with Crippen molar-refractivity contribution in [2.45, 2.75) is 11.4 Å². The van der Waals surface area contributed by atoms with Crippen molar-refractivity contribution in [2.75, 3.05) is 31.8 Å². The van der Waals surface area contributed by atoms with E-state index in [0.717, 1.165) is 15.8 Å². The molecule has 9 heteroatoms. The first-order chi connectivity index (χ1) is 17.5. The van der Waals surface area contributed by atoms with Crippen molar-refractivity contribution in [3.8, 4) is 11.5 Å². The highest BCUT2D eigenvalue weighted by molar-refractivity contribution is 8.00. The van der Waals surface area contributed by atoms with Crippen LogP contribution in [-0.2, 0) is 11.3 Å². The fraction of sp³-hybridized carbons (Fsp3) is 0.185. The molecule has 0 spiro atoms. The van der Waals surface area contributed by atoms with Gasteiger partial charge in [0.05, 0.1) is 25.7 Å².